The van der Waals surface area contributed by atoms with Gasteiger partial charge in [0, 0.05) is 103 Å². The molecular formula is C43H60F2N10O12. The lowest BCUT2D eigenvalue weighted by molar-refractivity contribution is -0.153. The lowest BCUT2D eigenvalue weighted by atomic mass is 10.0. The topological polar surface area (TPSA) is 269 Å². The van der Waals surface area contributed by atoms with Crippen LogP contribution in [0.5, 0.6) is 5.75 Å². The number of piperazine rings is 1. The summed E-state index contributed by atoms with van der Waals surface area (Å²) in [7, 11) is 0. The number of carbonyl (C=O) groups excluding carboxylic acids is 4. The van der Waals surface area contributed by atoms with Gasteiger partial charge in [0.2, 0.25) is 5.91 Å². The number of hydrogen-bond donors (Lipinski definition) is 4. The van der Waals surface area contributed by atoms with Gasteiger partial charge in [0.15, 0.2) is 6.61 Å². The zero-order valence-electron chi connectivity index (χ0n) is 37.7. The predicted octanol–water partition coefficient (Wildman–Crippen LogP) is -0.770. The second-order valence-electron chi connectivity index (χ2n) is 16.3. The third-order valence-electron chi connectivity index (χ3n) is 11.4. The predicted molar refractivity (Wildman–Crippen MR) is 236 cm³/mol. The summed E-state index contributed by atoms with van der Waals surface area (Å²) in [5.74, 6) is -8.47. The van der Waals surface area contributed by atoms with Crippen molar-refractivity contribution in [1.29, 1.82) is 5.26 Å². The first-order valence-corrected chi connectivity index (χ1v) is 21.9. The molecule has 3 amide bonds. The fraction of sp³-hybridized carbons (Fsp3) is 0.605. The van der Waals surface area contributed by atoms with Crippen LogP contribution in [0.15, 0.2) is 29.3 Å². The second-order valence-corrected chi connectivity index (χ2v) is 16.3. The van der Waals surface area contributed by atoms with Crippen LogP contribution in [0.25, 0.3) is 5.57 Å². The molecule has 0 aliphatic carbocycles. The van der Waals surface area contributed by atoms with E-state index in [-0.39, 0.29) is 90.0 Å². The van der Waals surface area contributed by atoms with E-state index in [2.05, 4.69) is 21.9 Å². The minimum Gasteiger partial charge on any atom is -0.494 e. The molecule has 1 atom stereocenters. The highest BCUT2D eigenvalue weighted by Crippen LogP contribution is 2.32. The van der Waals surface area contributed by atoms with Crippen LogP contribution in [0.1, 0.15) is 25.3 Å². The number of carboxylic acids is 3. The van der Waals surface area contributed by atoms with Crippen LogP contribution in [0.3, 0.4) is 0 Å². The molecule has 3 fully saturated rings. The lowest BCUT2D eigenvalue weighted by Crippen LogP contribution is -2.50. The summed E-state index contributed by atoms with van der Waals surface area (Å²) in [6, 6.07) is 5.31. The number of ether oxygens (including phenoxy) is 2. The maximum absolute atomic E-state index is 13.8. The number of benzene rings is 1. The van der Waals surface area contributed by atoms with Crippen molar-refractivity contribution in [2.45, 2.75) is 31.7 Å². The lowest BCUT2D eigenvalue weighted by Gasteiger charge is -2.34. The zero-order valence-corrected chi connectivity index (χ0v) is 37.7. The summed E-state index contributed by atoms with van der Waals surface area (Å²) < 4.78 is 39.0. The Morgan fingerprint density at radius 3 is 1.84 bits per heavy atom. The number of hydrogen-bond acceptors (Lipinski definition) is 16. The minimum atomic E-state index is -3.19. The summed E-state index contributed by atoms with van der Waals surface area (Å²) in [5.41, 5.74) is 0.872. The van der Waals surface area contributed by atoms with Gasteiger partial charge in [-0.15, -0.1) is 0 Å². The molecule has 3 saturated heterocycles. The number of esters is 1. The highest BCUT2D eigenvalue weighted by Gasteiger charge is 2.47. The van der Waals surface area contributed by atoms with E-state index in [1.807, 2.05) is 0 Å². The molecule has 3 aliphatic heterocycles. The molecule has 0 spiro atoms. The van der Waals surface area contributed by atoms with Crippen molar-refractivity contribution in [2.75, 3.05) is 138 Å². The number of alkyl halides is 2. The fourth-order valence-corrected chi connectivity index (χ4v) is 7.86. The van der Waals surface area contributed by atoms with Crippen molar-refractivity contribution in [1.82, 2.24) is 39.6 Å². The summed E-state index contributed by atoms with van der Waals surface area (Å²) >= 11 is 0. The minimum absolute atomic E-state index is 0.141. The monoisotopic (exact) mass is 946 g/mol. The molecule has 1 aromatic rings. The number of nitrogens with zero attached hydrogens (tertiary/aromatic N) is 9. The Hall–Kier alpha value is -6.13. The van der Waals surface area contributed by atoms with E-state index in [0.29, 0.717) is 62.8 Å². The number of aliphatic carboxylic acids is 3. The van der Waals surface area contributed by atoms with Crippen LogP contribution in [-0.2, 0) is 38.3 Å². The third-order valence-corrected chi connectivity index (χ3v) is 11.4. The number of rotatable bonds is 20. The maximum atomic E-state index is 13.8. The van der Waals surface area contributed by atoms with Gasteiger partial charge in [0.1, 0.15) is 11.8 Å². The van der Waals surface area contributed by atoms with Crippen molar-refractivity contribution < 1.29 is 67.1 Å². The summed E-state index contributed by atoms with van der Waals surface area (Å²) in [6.07, 6.45) is 1.35. The standard InChI is InChI=1S/C43H60F2N10O12/c1-3-33(42(65)48-24-36(56)55-30-43(44,45)22-31(55)23-46)34-21-32(5-6-35(34)47-2)66-20-4-7-49-16-18-54(19-17-49)37(57)29-67-41(64)28-53-14-12-51(26-39(60)61)10-8-50(25-38(58)59)9-11-52(13-15-53)27-40(62)63/h3,5-6,21,31H,2,4,7-20,22,24-30H2,1H3,(H,48,65)(H,58,59)(H,60,61)(H,62,63)/b33-3+/t31-/m0/s1. The van der Waals surface area contributed by atoms with Crippen LogP contribution in [0.2, 0.25) is 0 Å². The van der Waals surface area contributed by atoms with Crippen molar-refractivity contribution in [3.63, 3.8) is 0 Å². The van der Waals surface area contributed by atoms with E-state index in [9.17, 15) is 62.9 Å². The zero-order chi connectivity index (χ0) is 49.1. The number of halogens is 2. The largest absolute Gasteiger partial charge is 0.494 e. The molecule has 0 unspecified atom stereocenters. The van der Waals surface area contributed by atoms with Crippen LogP contribution in [0.4, 0.5) is 14.5 Å². The molecule has 0 bridgehead atoms. The number of carboxylic acid groups (broad SMARTS) is 3. The van der Waals surface area contributed by atoms with Crippen LogP contribution < -0.4 is 10.1 Å². The Balaban J connectivity index is 1.20. The Labute approximate surface area is 386 Å². The number of amides is 3. The molecule has 3 aliphatic rings. The fourth-order valence-electron chi connectivity index (χ4n) is 7.86. The number of likely N-dealkylation sites (tertiary alicyclic amines) is 1. The normalized spacial score (nSPS) is 19.6. The molecule has 3 heterocycles. The molecule has 24 heteroatoms. The van der Waals surface area contributed by atoms with E-state index < -0.39 is 73.8 Å². The van der Waals surface area contributed by atoms with Gasteiger partial charge < -0.3 is 39.9 Å². The first kappa shape index (κ1) is 53.5. The Morgan fingerprint density at radius 1 is 0.821 bits per heavy atom. The van der Waals surface area contributed by atoms with Gasteiger partial charge in [-0.05, 0) is 38.3 Å². The van der Waals surface area contributed by atoms with Crippen molar-refractivity contribution in [3.05, 3.63) is 29.8 Å². The second kappa shape index (κ2) is 26.3. The number of aliphatic imine (C=N–C) groups is 1. The van der Waals surface area contributed by atoms with Gasteiger partial charge in [0.25, 0.3) is 17.7 Å². The number of nitrogens with one attached hydrogen (secondary N) is 1. The average Bonchev–Trinajstić information content (AvgIpc) is 3.61. The highest BCUT2D eigenvalue weighted by molar-refractivity contribution is 6.21. The summed E-state index contributed by atoms with van der Waals surface area (Å²) in [4.78, 5) is 102. The van der Waals surface area contributed by atoms with Crippen molar-refractivity contribution in [2.24, 2.45) is 4.99 Å². The average molecular weight is 947 g/mol. The number of nitriles is 1. The quantitative estimate of drug-likeness (QED) is 0.0541. The molecule has 4 N–H and O–H groups in total. The van der Waals surface area contributed by atoms with Gasteiger partial charge >= 0.3 is 23.9 Å². The van der Waals surface area contributed by atoms with E-state index in [1.165, 1.54) is 6.08 Å². The van der Waals surface area contributed by atoms with Crippen molar-refractivity contribution in [3.8, 4) is 11.8 Å². The van der Waals surface area contributed by atoms with Crippen LogP contribution in [0, 0.1) is 11.3 Å². The van der Waals surface area contributed by atoms with E-state index in [1.54, 1.807) is 55.7 Å². The van der Waals surface area contributed by atoms with E-state index in [0.717, 1.165) is 4.90 Å². The molecule has 67 heavy (non-hydrogen) atoms. The Kier molecular flexibility index (Phi) is 21.0. The molecule has 0 saturated carbocycles. The summed E-state index contributed by atoms with van der Waals surface area (Å²) in [6.45, 7) is 6.80. The van der Waals surface area contributed by atoms with Gasteiger partial charge in [-0.2, -0.15) is 5.26 Å². The van der Waals surface area contributed by atoms with Gasteiger partial charge in [0.05, 0.1) is 57.6 Å². The molecule has 4 rings (SSSR count). The Bertz CT molecular complexity index is 1980. The first-order chi connectivity index (χ1) is 31.9. The SMILES string of the molecule is C=Nc1ccc(OCCCN2CCN(C(=O)COC(=O)CN3CCN(CC(=O)O)CCN(CC(=O)O)CCN(CC(=O)O)CC3)CC2)cc1/C(=C\C)C(=O)NCC(=O)N1CC(F)(F)C[C@H]1C#N. The highest BCUT2D eigenvalue weighted by atomic mass is 19.3. The molecule has 0 aromatic heterocycles. The molecule has 368 valence electrons. The maximum Gasteiger partial charge on any atom is 0.320 e. The van der Waals surface area contributed by atoms with Gasteiger partial charge in [-0.1, -0.05) is 6.08 Å². The van der Waals surface area contributed by atoms with E-state index >= 15 is 0 Å². The van der Waals surface area contributed by atoms with E-state index in [4.69, 9.17) is 9.47 Å². The van der Waals surface area contributed by atoms with Crippen molar-refractivity contribution >= 4 is 59.6 Å². The van der Waals surface area contributed by atoms with Crippen LogP contribution in [-0.4, -0.2) is 247 Å². The number of allylic oxidation sites excluding steroid dienone is 1. The third kappa shape index (κ3) is 17.9. The molecule has 1 aromatic carbocycles. The summed E-state index contributed by atoms with van der Waals surface area (Å²) in [5, 5.41) is 39.9. The number of carbonyl (C=O) groups is 7. The Morgan fingerprint density at radius 2 is 1.34 bits per heavy atom. The van der Waals surface area contributed by atoms with Gasteiger partial charge in [-0.25, -0.2) is 8.78 Å². The smallest absolute Gasteiger partial charge is 0.320 e. The molecule has 0 radical (unpaired) electrons. The van der Waals surface area contributed by atoms with Gasteiger partial charge in [-0.3, -0.25) is 63.1 Å². The first-order valence-electron chi connectivity index (χ1n) is 21.9. The molecule has 22 nitrogen and oxygen atoms in total. The molecular weight excluding hydrogens is 887 g/mol. The van der Waals surface area contributed by atoms with Crippen LogP contribution >= 0.6 is 0 Å².